The van der Waals surface area contributed by atoms with Gasteiger partial charge in [0.25, 0.3) is 11.8 Å². The lowest BCUT2D eigenvalue weighted by Gasteiger charge is -2.19. The predicted molar refractivity (Wildman–Crippen MR) is 127 cm³/mol. The normalized spacial score (nSPS) is 16.0. The van der Waals surface area contributed by atoms with E-state index in [4.69, 9.17) is 48.5 Å². The maximum absolute atomic E-state index is 11.2. The Hall–Kier alpha value is -1.16. The number of aliphatic carboxylic acids is 1. The molecule has 1 rings (SSSR count). The molecule has 2 amide bonds. The smallest absolute Gasteiger partial charge is 0.469 e. The molecule has 1 aliphatic heterocycles. The molecule has 0 fully saturated rings. The van der Waals surface area contributed by atoms with Gasteiger partial charge < -0.3 is 48.5 Å². The molecule has 1 heterocycles. The van der Waals surface area contributed by atoms with Crippen molar-refractivity contribution in [3.05, 3.63) is 12.2 Å². The van der Waals surface area contributed by atoms with E-state index in [1.165, 1.54) is 7.11 Å². The molecule has 0 aromatic carbocycles. The van der Waals surface area contributed by atoms with Crippen LogP contribution < -0.4 is 0 Å². The third-order valence-electron chi connectivity index (χ3n) is 4.28. The van der Waals surface area contributed by atoms with Crippen LogP contribution in [0.5, 0.6) is 0 Å². The highest BCUT2D eigenvalue weighted by atomic mass is 31.2. The van der Waals surface area contributed by atoms with Gasteiger partial charge in [0, 0.05) is 32.8 Å². The minimum atomic E-state index is -4.24. The van der Waals surface area contributed by atoms with Crippen LogP contribution in [0.15, 0.2) is 12.2 Å². The zero-order chi connectivity index (χ0) is 29.4. The molecular weight excluding hydrogens is 567 g/mol. The van der Waals surface area contributed by atoms with Gasteiger partial charge in [-0.1, -0.05) is 6.92 Å². The maximum atomic E-state index is 11.2. The first kappa shape index (κ1) is 38.0. The van der Waals surface area contributed by atoms with Gasteiger partial charge in [-0.25, -0.2) is 4.57 Å². The number of nitrogens with zero attached hydrogens (tertiary/aromatic N) is 1. The summed E-state index contributed by atoms with van der Waals surface area (Å²) in [7, 11) is -8.54. The highest BCUT2D eigenvalue weighted by Crippen LogP contribution is 2.36. The topological polar surface area (TPSA) is 267 Å². The number of carbonyl (C=O) groups is 3. The number of carboxylic acids is 1. The molecule has 37 heavy (non-hydrogen) atoms. The molecule has 0 radical (unpaired) electrons. The van der Waals surface area contributed by atoms with Crippen molar-refractivity contribution in [1.82, 2.24) is 4.90 Å². The fourth-order valence-electron chi connectivity index (χ4n) is 2.15. The van der Waals surface area contributed by atoms with Crippen LogP contribution >= 0.6 is 24.0 Å². The van der Waals surface area contributed by atoms with E-state index in [2.05, 4.69) is 4.52 Å². The van der Waals surface area contributed by atoms with Gasteiger partial charge in [0.15, 0.2) is 6.29 Å². The summed E-state index contributed by atoms with van der Waals surface area (Å²) in [6, 6.07) is 0. The number of rotatable bonds is 14. The van der Waals surface area contributed by atoms with Crippen molar-refractivity contribution in [3.8, 4) is 0 Å². The maximum Gasteiger partial charge on any atom is 0.469 e. The van der Waals surface area contributed by atoms with E-state index in [0.717, 1.165) is 24.2 Å². The van der Waals surface area contributed by atoms with Crippen molar-refractivity contribution < 1.29 is 76.5 Å². The number of amides is 2. The van der Waals surface area contributed by atoms with Crippen LogP contribution in [0.25, 0.3) is 0 Å². The second-order valence-electron chi connectivity index (χ2n) is 7.19. The summed E-state index contributed by atoms with van der Waals surface area (Å²) < 4.78 is 38.3. The van der Waals surface area contributed by atoms with Gasteiger partial charge in [-0.15, -0.1) is 0 Å². The monoisotopic (exact) mass is 601 g/mol. The van der Waals surface area contributed by atoms with E-state index in [9.17, 15) is 23.5 Å². The Labute approximate surface area is 214 Å². The van der Waals surface area contributed by atoms with Gasteiger partial charge in [0.1, 0.15) is 6.16 Å². The fraction of sp³-hybridized carbons (Fsp3) is 0.706. The van der Waals surface area contributed by atoms with E-state index in [1.54, 1.807) is 6.92 Å². The van der Waals surface area contributed by atoms with Crippen molar-refractivity contribution >= 4 is 41.8 Å². The zero-order valence-corrected chi connectivity index (χ0v) is 23.2. The van der Waals surface area contributed by atoms with E-state index in [1.807, 2.05) is 6.92 Å². The van der Waals surface area contributed by atoms with Gasteiger partial charge in [0.2, 0.25) is 0 Å². The first-order valence-corrected chi connectivity index (χ1v) is 14.7. The summed E-state index contributed by atoms with van der Waals surface area (Å²) >= 11 is 0. The largest absolute Gasteiger partial charge is 0.481 e. The number of hydrogen-bond acceptors (Lipinski definition) is 11. The van der Waals surface area contributed by atoms with Crippen LogP contribution in [-0.4, -0.2) is 103 Å². The number of phosphoric acid groups is 1. The lowest BCUT2D eigenvalue weighted by atomic mass is 10.0. The molecule has 20 heteroatoms. The molecule has 0 saturated heterocycles. The Morgan fingerprint density at radius 2 is 1.54 bits per heavy atom. The summed E-state index contributed by atoms with van der Waals surface area (Å²) in [5.41, 5.74) is 0. The Morgan fingerprint density at radius 1 is 1.05 bits per heavy atom. The lowest BCUT2D eigenvalue weighted by molar-refractivity contribution is -0.142. The molecule has 0 bridgehead atoms. The molecule has 0 spiro atoms. The van der Waals surface area contributed by atoms with Gasteiger partial charge in [-0.3, -0.25) is 28.4 Å². The minimum Gasteiger partial charge on any atom is -0.481 e. The number of methoxy groups -OCH3 is 1. The summed E-state index contributed by atoms with van der Waals surface area (Å²) in [5, 5.41) is 8.39. The van der Waals surface area contributed by atoms with Crippen LogP contribution in [0.2, 0.25) is 0 Å². The average molecular weight is 601 g/mol. The number of carbonyl (C=O) groups excluding carboxylic acids is 2. The van der Waals surface area contributed by atoms with Crippen molar-refractivity contribution in [2.75, 3.05) is 33.5 Å². The summed E-state index contributed by atoms with van der Waals surface area (Å²) in [4.78, 5) is 83.5. The molecule has 3 atom stereocenters. The zero-order valence-electron chi connectivity index (χ0n) is 20.5. The molecule has 1 aliphatic rings. The number of hydrogen-bond donors (Lipinski definition) is 7. The second-order valence-corrected chi connectivity index (χ2v) is 10.9. The third-order valence-corrected chi connectivity index (χ3v) is 6.05. The van der Waals surface area contributed by atoms with E-state index < -0.39 is 54.3 Å². The number of imide groups is 1. The standard InChI is InChI=1S/C9H14NO7P.C7H15O5P.CH5O4P/c1-16-9(6-18(13,14)15)17-5-4-10-7(11)2-3-8(10)12;1-5(3-4-7(8)9)6(2)12-13(10)11;1-5-6(2,3)4/h2-3,9H,4-6H2,1H3,(H2,13,14,15);5-6,10-11H,3-4H2,1-2H3,(H,8,9);1H3,(H2,2,3,4)/t9-;;/m1../s1. The van der Waals surface area contributed by atoms with Crippen LogP contribution in [0.1, 0.15) is 26.7 Å². The Bertz CT molecular complexity index is 807. The summed E-state index contributed by atoms with van der Waals surface area (Å²) in [6.07, 6.45) is 0.844. The summed E-state index contributed by atoms with van der Waals surface area (Å²) in [5.74, 6) is -1.73. The van der Waals surface area contributed by atoms with E-state index >= 15 is 0 Å². The van der Waals surface area contributed by atoms with E-state index in [0.29, 0.717) is 6.42 Å². The second kappa shape index (κ2) is 19.0. The molecule has 17 nitrogen and oxygen atoms in total. The lowest BCUT2D eigenvalue weighted by Crippen LogP contribution is -2.34. The van der Waals surface area contributed by atoms with Crippen LogP contribution in [0.3, 0.4) is 0 Å². The highest BCUT2D eigenvalue weighted by Gasteiger charge is 2.25. The van der Waals surface area contributed by atoms with Gasteiger partial charge in [-0.2, -0.15) is 0 Å². The van der Waals surface area contributed by atoms with Gasteiger partial charge >= 0.3 is 30.0 Å². The molecule has 0 aromatic heterocycles. The number of ether oxygens (including phenoxy) is 2. The average Bonchev–Trinajstić information content (AvgIpc) is 3.07. The number of phosphoric ester groups is 1. The van der Waals surface area contributed by atoms with Crippen molar-refractivity contribution in [1.29, 1.82) is 0 Å². The Morgan fingerprint density at radius 3 is 1.89 bits per heavy atom. The molecule has 0 aliphatic carbocycles. The quantitative estimate of drug-likeness (QED) is 0.0778. The Kier molecular flexibility index (Phi) is 19.5. The first-order chi connectivity index (χ1) is 16.8. The molecule has 218 valence electrons. The van der Waals surface area contributed by atoms with Crippen LogP contribution in [-0.2, 0) is 42.0 Å². The minimum absolute atomic E-state index is 0.000370. The SMILES string of the molecule is CC(CCC(=O)O)C(C)OP(O)O.COP(=O)(O)O.CO[C@@H](CP(=O)(O)O)OCCN1C(=O)C=CC1=O. The molecular formula is C17H34NO16P3. The van der Waals surface area contributed by atoms with Crippen molar-refractivity contribution in [2.45, 2.75) is 39.1 Å². The van der Waals surface area contributed by atoms with Gasteiger partial charge in [-0.05, 0) is 19.3 Å². The van der Waals surface area contributed by atoms with Gasteiger partial charge in [0.05, 0.1) is 19.3 Å². The third kappa shape index (κ3) is 22.5. The molecule has 7 N–H and O–H groups in total. The van der Waals surface area contributed by atoms with Crippen molar-refractivity contribution in [3.63, 3.8) is 0 Å². The highest BCUT2D eigenvalue weighted by molar-refractivity contribution is 7.51. The first-order valence-electron chi connectivity index (χ1n) is 10.2. The number of carboxylic acid groups (broad SMARTS) is 1. The molecule has 2 unspecified atom stereocenters. The molecule has 0 saturated carbocycles. The molecule has 0 aromatic rings. The fourth-order valence-corrected chi connectivity index (χ4v) is 3.30. The van der Waals surface area contributed by atoms with Crippen LogP contribution in [0, 0.1) is 5.92 Å². The summed E-state index contributed by atoms with van der Waals surface area (Å²) in [6.45, 7) is 3.45. The van der Waals surface area contributed by atoms with Crippen LogP contribution in [0.4, 0.5) is 0 Å². The van der Waals surface area contributed by atoms with Crippen molar-refractivity contribution in [2.24, 2.45) is 5.92 Å². The van der Waals surface area contributed by atoms with E-state index in [-0.39, 0.29) is 31.6 Å². The Balaban J connectivity index is 0. The predicted octanol–water partition coefficient (Wildman–Crippen LogP) is -0.0924.